The highest BCUT2D eigenvalue weighted by molar-refractivity contribution is 9.09. The van der Waals surface area contributed by atoms with Gasteiger partial charge >= 0.3 is 0 Å². The van der Waals surface area contributed by atoms with Crippen molar-refractivity contribution in [2.45, 2.75) is 44.6 Å². The number of hydrogen-bond donors (Lipinski definition) is 0. The van der Waals surface area contributed by atoms with Crippen LogP contribution in [0.15, 0.2) is 103 Å². The molecule has 0 aromatic heterocycles. The molecule has 1 aliphatic carbocycles. The Morgan fingerprint density at radius 2 is 1.46 bits per heavy atom. The maximum Gasteiger partial charge on any atom is 0.120 e. The van der Waals surface area contributed by atoms with E-state index in [2.05, 4.69) is 120 Å². The zero-order chi connectivity index (χ0) is 25.5. The van der Waals surface area contributed by atoms with Crippen molar-refractivity contribution in [1.29, 1.82) is 0 Å². The summed E-state index contributed by atoms with van der Waals surface area (Å²) >= 11 is 3.48. The Balaban J connectivity index is 1.49. The lowest BCUT2D eigenvalue weighted by Gasteiger charge is -2.32. The Morgan fingerprint density at radius 3 is 2.19 bits per heavy atom. The number of alkyl halides is 1. The molecule has 3 heteroatoms. The summed E-state index contributed by atoms with van der Waals surface area (Å²) in [5.41, 5.74) is 6.76. The lowest BCUT2D eigenvalue weighted by molar-refractivity contribution is 0.306. The molecule has 2 nitrogen and oxygen atoms in total. The van der Waals surface area contributed by atoms with Crippen LogP contribution in [0.5, 0.6) is 11.5 Å². The van der Waals surface area contributed by atoms with Crippen LogP contribution < -0.4 is 9.47 Å². The number of aryl methyl sites for hydroxylation is 1. The summed E-state index contributed by atoms with van der Waals surface area (Å²) in [7, 11) is 0. The first-order valence-corrected chi connectivity index (χ1v) is 14.5. The maximum absolute atomic E-state index is 6.22. The van der Waals surface area contributed by atoms with E-state index in [1.54, 1.807) is 0 Å². The summed E-state index contributed by atoms with van der Waals surface area (Å²) in [6.07, 6.45) is 3.21. The molecule has 1 aliphatic rings. The predicted octanol–water partition coefficient (Wildman–Crippen LogP) is 8.93. The molecular weight excluding hydrogens is 520 g/mol. The number of rotatable bonds is 9. The molecule has 0 saturated heterocycles. The number of hydrogen-bond acceptors (Lipinski definition) is 2. The van der Waals surface area contributed by atoms with E-state index in [9.17, 15) is 0 Å². The van der Waals surface area contributed by atoms with Gasteiger partial charge in [-0.05, 0) is 83.2 Å². The second-order valence-corrected chi connectivity index (χ2v) is 10.8. The zero-order valence-corrected chi connectivity index (χ0v) is 23.1. The highest BCUT2D eigenvalue weighted by Crippen LogP contribution is 2.48. The van der Waals surface area contributed by atoms with Gasteiger partial charge in [-0.3, -0.25) is 0 Å². The van der Waals surface area contributed by atoms with Crippen LogP contribution in [-0.2, 0) is 13.0 Å². The number of benzene rings is 4. The monoisotopic (exact) mass is 554 g/mol. The molecule has 0 aliphatic heterocycles. The number of fused-ring (bicyclic) bond motifs is 1. The van der Waals surface area contributed by atoms with E-state index < -0.39 is 0 Å². The molecule has 0 bridgehead atoms. The van der Waals surface area contributed by atoms with Crippen LogP contribution in [0, 0.1) is 5.92 Å². The second-order valence-electron chi connectivity index (χ2n) is 10.0. The Kier molecular flexibility index (Phi) is 8.63. The molecule has 4 aromatic rings. The van der Waals surface area contributed by atoms with Crippen molar-refractivity contribution in [2.24, 2.45) is 5.92 Å². The van der Waals surface area contributed by atoms with E-state index in [-0.39, 0.29) is 5.92 Å². The molecule has 37 heavy (non-hydrogen) atoms. The lowest BCUT2D eigenvalue weighted by atomic mass is 9.72. The van der Waals surface area contributed by atoms with Crippen molar-refractivity contribution in [3.05, 3.63) is 131 Å². The molecule has 3 atom stereocenters. The Labute approximate surface area is 229 Å². The molecule has 0 heterocycles. The maximum atomic E-state index is 6.22. The molecule has 5 rings (SSSR count). The van der Waals surface area contributed by atoms with Gasteiger partial charge < -0.3 is 9.47 Å². The highest BCUT2D eigenvalue weighted by Gasteiger charge is 2.34. The third-order valence-electron chi connectivity index (χ3n) is 7.51. The van der Waals surface area contributed by atoms with Crippen molar-refractivity contribution in [2.75, 3.05) is 11.9 Å². The van der Waals surface area contributed by atoms with E-state index in [1.807, 2.05) is 6.07 Å². The summed E-state index contributed by atoms with van der Waals surface area (Å²) < 4.78 is 12.2. The second kappa shape index (κ2) is 12.5. The predicted molar refractivity (Wildman–Crippen MR) is 156 cm³/mol. The van der Waals surface area contributed by atoms with Gasteiger partial charge in [0.15, 0.2) is 0 Å². The largest absolute Gasteiger partial charge is 0.494 e. The Hall–Kier alpha value is -3.04. The van der Waals surface area contributed by atoms with Crippen LogP contribution in [0.1, 0.15) is 59.4 Å². The minimum Gasteiger partial charge on any atom is -0.494 e. The standard InChI is InChI=1S/C34H35BrO2/c1-25-13-14-29-23-31(37-24-26-9-4-2-5-10-26)19-20-32(29)34(33(25)27-11-6-3-7-12-27)28-15-17-30(18-16-28)36-22-8-21-35/h2-7,9-12,15-20,23,25,33-34H,8,13-14,21-22,24H2,1H3/t25?,33-,34-/m0/s1. The molecule has 0 saturated carbocycles. The van der Waals surface area contributed by atoms with Gasteiger partial charge in [-0.25, -0.2) is 0 Å². The quantitative estimate of drug-likeness (QED) is 0.117. The molecule has 0 fully saturated rings. The Bertz CT molecular complexity index is 1250. The van der Waals surface area contributed by atoms with E-state index in [0.29, 0.717) is 18.4 Å². The van der Waals surface area contributed by atoms with Gasteiger partial charge in [0, 0.05) is 11.2 Å². The fourth-order valence-corrected chi connectivity index (χ4v) is 5.85. The van der Waals surface area contributed by atoms with Crippen molar-refractivity contribution < 1.29 is 9.47 Å². The van der Waals surface area contributed by atoms with E-state index in [4.69, 9.17) is 9.47 Å². The molecule has 1 unspecified atom stereocenters. The SMILES string of the molecule is CC1CCc2cc(OCc3ccccc3)ccc2[C@H](c2ccc(OCCCBr)cc2)[C@@H]1c1ccccc1. The van der Waals surface area contributed by atoms with Gasteiger partial charge in [0.25, 0.3) is 0 Å². The van der Waals surface area contributed by atoms with Crippen molar-refractivity contribution >= 4 is 15.9 Å². The first-order valence-electron chi connectivity index (χ1n) is 13.4. The normalized spacial score (nSPS) is 19.0. The molecule has 0 radical (unpaired) electrons. The summed E-state index contributed by atoms with van der Waals surface area (Å²) in [6.45, 7) is 3.73. The van der Waals surface area contributed by atoms with Crippen LogP contribution in [0.4, 0.5) is 0 Å². The first kappa shape index (κ1) is 25.6. The topological polar surface area (TPSA) is 18.5 Å². The summed E-state index contributed by atoms with van der Waals surface area (Å²) in [6, 6.07) is 37.0. The molecule has 0 N–H and O–H groups in total. The average molecular weight is 556 g/mol. The fraction of sp³-hybridized carbons (Fsp3) is 0.294. The van der Waals surface area contributed by atoms with Gasteiger partial charge in [-0.2, -0.15) is 0 Å². The van der Waals surface area contributed by atoms with Gasteiger partial charge in [0.1, 0.15) is 18.1 Å². The van der Waals surface area contributed by atoms with Crippen LogP contribution in [0.25, 0.3) is 0 Å². The molecule has 4 aromatic carbocycles. The number of ether oxygens (including phenoxy) is 2. The molecule has 0 amide bonds. The summed E-state index contributed by atoms with van der Waals surface area (Å²) in [4.78, 5) is 0. The van der Waals surface area contributed by atoms with E-state index in [0.717, 1.165) is 42.7 Å². The van der Waals surface area contributed by atoms with Crippen LogP contribution >= 0.6 is 15.9 Å². The van der Waals surface area contributed by atoms with Gasteiger partial charge in [-0.15, -0.1) is 0 Å². The molecule has 0 spiro atoms. The molecule has 190 valence electrons. The smallest absolute Gasteiger partial charge is 0.120 e. The van der Waals surface area contributed by atoms with Crippen LogP contribution in [-0.4, -0.2) is 11.9 Å². The lowest BCUT2D eigenvalue weighted by Crippen LogP contribution is -2.18. The third-order valence-corrected chi connectivity index (χ3v) is 8.07. The Morgan fingerprint density at radius 1 is 0.757 bits per heavy atom. The van der Waals surface area contributed by atoms with Gasteiger partial charge in [0.05, 0.1) is 6.61 Å². The van der Waals surface area contributed by atoms with Gasteiger partial charge in [-0.1, -0.05) is 102 Å². The van der Waals surface area contributed by atoms with E-state index in [1.165, 1.54) is 27.8 Å². The van der Waals surface area contributed by atoms with Crippen molar-refractivity contribution in [1.82, 2.24) is 0 Å². The third kappa shape index (κ3) is 6.27. The number of halogens is 1. The van der Waals surface area contributed by atoms with Gasteiger partial charge in [0.2, 0.25) is 0 Å². The molecular formula is C34H35BrO2. The highest BCUT2D eigenvalue weighted by atomic mass is 79.9. The zero-order valence-electron chi connectivity index (χ0n) is 21.5. The van der Waals surface area contributed by atoms with Crippen molar-refractivity contribution in [3.63, 3.8) is 0 Å². The van der Waals surface area contributed by atoms with E-state index >= 15 is 0 Å². The minimum atomic E-state index is 0.273. The minimum absolute atomic E-state index is 0.273. The van der Waals surface area contributed by atoms with Crippen LogP contribution in [0.2, 0.25) is 0 Å². The van der Waals surface area contributed by atoms with Crippen LogP contribution in [0.3, 0.4) is 0 Å². The fourth-order valence-electron chi connectivity index (χ4n) is 5.62. The van der Waals surface area contributed by atoms with Crippen molar-refractivity contribution in [3.8, 4) is 11.5 Å². The summed E-state index contributed by atoms with van der Waals surface area (Å²) in [5.74, 6) is 3.10. The summed E-state index contributed by atoms with van der Waals surface area (Å²) in [5, 5.41) is 0.956. The average Bonchev–Trinajstić information content (AvgIpc) is 3.09. The first-order chi connectivity index (χ1) is 18.2.